The van der Waals surface area contributed by atoms with Gasteiger partial charge < -0.3 is 14.6 Å². The first-order chi connectivity index (χ1) is 9.67. The zero-order valence-electron chi connectivity index (χ0n) is 11.6. The summed E-state index contributed by atoms with van der Waals surface area (Å²) < 4.78 is 3.25. The Hall–Kier alpha value is -0.980. The lowest BCUT2D eigenvalue weighted by atomic mass is 10.1. The van der Waals surface area contributed by atoms with Crippen LogP contribution in [0.4, 0.5) is 0 Å². The number of hydrogen-bond donors (Lipinski definition) is 1. The summed E-state index contributed by atoms with van der Waals surface area (Å²) in [4.78, 5) is 11.2. The maximum Gasteiger partial charge on any atom is 0.177 e. The van der Waals surface area contributed by atoms with Crippen molar-refractivity contribution in [2.75, 3.05) is 26.2 Å². The van der Waals surface area contributed by atoms with Crippen LogP contribution < -0.4 is 0 Å². The summed E-state index contributed by atoms with van der Waals surface area (Å²) in [5.41, 5.74) is 1.91. The van der Waals surface area contributed by atoms with Gasteiger partial charge in [-0.25, -0.2) is 9.97 Å². The largest absolute Gasteiger partial charge is 0.395 e. The number of aromatic nitrogens is 3. The SMILES string of the molecule is Cc1nc2ncc(Br)cc2n1C[C@@H]1CCN(CCO)C1. The van der Waals surface area contributed by atoms with Gasteiger partial charge in [-0.05, 0) is 47.8 Å². The number of aliphatic hydroxyl groups excluding tert-OH is 1. The molecule has 2 aromatic rings. The molecule has 5 nitrogen and oxygen atoms in total. The fourth-order valence-corrected chi connectivity index (χ4v) is 3.31. The van der Waals surface area contributed by atoms with Gasteiger partial charge in [0.25, 0.3) is 0 Å². The van der Waals surface area contributed by atoms with Crippen molar-refractivity contribution in [3.63, 3.8) is 0 Å². The second kappa shape index (κ2) is 5.79. The van der Waals surface area contributed by atoms with E-state index < -0.39 is 0 Å². The van der Waals surface area contributed by atoms with Gasteiger partial charge in [-0.2, -0.15) is 0 Å². The van der Waals surface area contributed by atoms with Crippen molar-refractivity contribution in [1.29, 1.82) is 0 Å². The minimum absolute atomic E-state index is 0.247. The Labute approximate surface area is 126 Å². The number of imidazole rings is 1. The fourth-order valence-electron chi connectivity index (χ4n) is 2.99. The Kier molecular flexibility index (Phi) is 4.05. The predicted octanol–water partition coefficient (Wildman–Crippen LogP) is 1.82. The lowest BCUT2D eigenvalue weighted by Gasteiger charge is -2.15. The number of aliphatic hydroxyl groups is 1. The molecule has 1 aliphatic heterocycles. The average molecular weight is 339 g/mol. The van der Waals surface area contributed by atoms with Crippen LogP contribution in [0.2, 0.25) is 0 Å². The standard InChI is InChI=1S/C14H19BrN4O/c1-10-17-14-13(6-12(15)7-16-14)19(10)9-11-2-3-18(8-11)4-5-20/h6-7,11,20H,2-5,8-9H2,1H3/t11-/m1/s1. The van der Waals surface area contributed by atoms with E-state index in [1.54, 1.807) is 6.20 Å². The van der Waals surface area contributed by atoms with Gasteiger partial charge in [0.2, 0.25) is 0 Å². The van der Waals surface area contributed by atoms with E-state index in [4.69, 9.17) is 5.11 Å². The third-order valence-corrected chi connectivity index (χ3v) is 4.42. The van der Waals surface area contributed by atoms with E-state index in [2.05, 4.69) is 41.4 Å². The smallest absolute Gasteiger partial charge is 0.177 e. The Bertz CT molecular complexity index is 612. The van der Waals surface area contributed by atoms with Gasteiger partial charge in [0.15, 0.2) is 5.65 Å². The lowest BCUT2D eigenvalue weighted by molar-refractivity contribution is 0.216. The van der Waals surface area contributed by atoms with Crippen LogP contribution in [0, 0.1) is 12.8 Å². The van der Waals surface area contributed by atoms with Crippen LogP contribution in [-0.4, -0.2) is 50.8 Å². The van der Waals surface area contributed by atoms with Gasteiger partial charge >= 0.3 is 0 Å². The maximum atomic E-state index is 9.02. The molecule has 0 radical (unpaired) electrons. The lowest BCUT2D eigenvalue weighted by Crippen LogP contribution is -2.25. The molecule has 2 aromatic heterocycles. The van der Waals surface area contributed by atoms with Crippen LogP contribution >= 0.6 is 15.9 Å². The van der Waals surface area contributed by atoms with Gasteiger partial charge in [0, 0.05) is 30.3 Å². The van der Waals surface area contributed by atoms with Crippen molar-refractivity contribution in [2.45, 2.75) is 19.9 Å². The number of halogens is 1. The van der Waals surface area contributed by atoms with E-state index in [0.717, 1.165) is 47.6 Å². The second-order valence-corrected chi connectivity index (χ2v) is 6.36. The van der Waals surface area contributed by atoms with Crippen molar-refractivity contribution < 1.29 is 5.11 Å². The summed E-state index contributed by atoms with van der Waals surface area (Å²) in [5, 5.41) is 9.02. The highest BCUT2D eigenvalue weighted by Gasteiger charge is 2.23. The number of hydrogen-bond acceptors (Lipinski definition) is 4. The fraction of sp³-hybridized carbons (Fsp3) is 0.571. The number of nitrogens with zero attached hydrogens (tertiary/aromatic N) is 4. The minimum atomic E-state index is 0.247. The Morgan fingerprint density at radius 3 is 3.15 bits per heavy atom. The van der Waals surface area contributed by atoms with Crippen LogP contribution in [-0.2, 0) is 6.54 Å². The van der Waals surface area contributed by atoms with Gasteiger partial charge in [0.1, 0.15) is 5.82 Å². The van der Waals surface area contributed by atoms with E-state index in [1.165, 1.54) is 6.42 Å². The van der Waals surface area contributed by atoms with Crippen molar-refractivity contribution in [3.8, 4) is 0 Å². The topological polar surface area (TPSA) is 54.2 Å². The summed E-state index contributed by atoms with van der Waals surface area (Å²) in [6, 6.07) is 2.09. The summed E-state index contributed by atoms with van der Waals surface area (Å²) in [6.07, 6.45) is 2.97. The van der Waals surface area contributed by atoms with E-state index in [0.29, 0.717) is 5.92 Å². The molecule has 1 N–H and O–H groups in total. The number of aryl methyl sites for hydroxylation is 1. The molecule has 0 saturated carbocycles. The number of rotatable bonds is 4. The van der Waals surface area contributed by atoms with Crippen molar-refractivity contribution in [1.82, 2.24) is 19.4 Å². The predicted molar refractivity (Wildman–Crippen MR) is 81.6 cm³/mol. The van der Waals surface area contributed by atoms with Gasteiger partial charge in [-0.3, -0.25) is 0 Å². The Morgan fingerprint density at radius 2 is 2.35 bits per heavy atom. The molecule has 20 heavy (non-hydrogen) atoms. The number of β-amino-alcohol motifs (C(OH)–C–C–N with tert-alkyl or cyclic N) is 1. The molecule has 1 fully saturated rings. The molecule has 0 aliphatic carbocycles. The van der Waals surface area contributed by atoms with Gasteiger partial charge in [0.05, 0.1) is 12.1 Å². The van der Waals surface area contributed by atoms with Crippen LogP contribution in [0.25, 0.3) is 11.2 Å². The highest BCUT2D eigenvalue weighted by atomic mass is 79.9. The molecule has 0 aromatic carbocycles. The van der Waals surface area contributed by atoms with E-state index in [-0.39, 0.29) is 6.61 Å². The molecular formula is C14H19BrN4O. The van der Waals surface area contributed by atoms with E-state index in [9.17, 15) is 0 Å². The van der Waals surface area contributed by atoms with E-state index in [1.807, 2.05) is 6.92 Å². The highest BCUT2D eigenvalue weighted by molar-refractivity contribution is 9.10. The monoisotopic (exact) mass is 338 g/mol. The van der Waals surface area contributed by atoms with Gasteiger partial charge in [-0.15, -0.1) is 0 Å². The maximum absolute atomic E-state index is 9.02. The van der Waals surface area contributed by atoms with Crippen LogP contribution in [0.5, 0.6) is 0 Å². The third kappa shape index (κ3) is 2.73. The quantitative estimate of drug-likeness (QED) is 0.923. The average Bonchev–Trinajstić information content (AvgIpc) is 2.97. The second-order valence-electron chi connectivity index (χ2n) is 5.44. The molecule has 1 atom stereocenters. The Balaban J connectivity index is 1.81. The molecule has 0 unspecified atom stereocenters. The summed E-state index contributed by atoms with van der Waals surface area (Å²) in [6.45, 7) is 6.18. The molecule has 0 amide bonds. The minimum Gasteiger partial charge on any atom is -0.395 e. The molecule has 3 rings (SSSR count). The van der Waals surface area contributed by atoms with E-state index >= 15 is 0 Å². The zero-order valence-corrected chi connectivity index (χ0v) is 13.2. The van der Waals surface area contributed by atoms with Crippen molar-refractivity contribution in [2.24, 2.45) is 5.92 Å². The third-order valence-electron chi connectivity index (χ3n) is 3.99. The van der Waals surface area contributed by atoms with Crippen LogP contribution in [0.15, 0.2) is 16.7 Å². The number of fused-ring (bicyclic) bond motifs is 1. The van der Waals surface area contributed by atoms with Crippen molar-refractivity contribution >= 4 is 27.1 Å². The molecule has 1 aliphatic rings. The zero-order chi connectivity index (χ0) is 14.1. The first kappa shape index (κ1) is 14.0. The number of likely N-dealkylation sites (tertiary alicyclic amines) is 1. The highest BCUT2D eigenvalue weighted by Crippen LogP contribution is 2.23. The molecule has 1 saturated heterocycles. The first-order valence-electron chi connectivity index (χ1n) is 6.99. The molecule has 0 bridgehead atoms. The summed E-state index contributed by atoms with van der Waals surface area (Å²) >= 11 is 3.48. The van der Waals surface area contributed by atoms with Crippen molar-refractivity contribution in [3.05, 3.63) is 22.6 Å². The molecule has 108 valence electrons. The van der Waals surface area contributed by atoms with Gasteiger partial charge in [-0.1, -0.05) is 0 Å². The molecule has 6 heteroatoms. The first-order valence-corrected chi connectivity index (χ1v) is 7.78. The normalized spacial score (nSPS) is 20.1. The Morgan fingerprint density at radius 1 is 1.50 bits per heavy atom. The molecule has 3 heterocycles. The summed E-state index contributed by atoms with van der Waals surface area (Å²) in [7, 11) is 0. The van der Waals surface area contributed by atoms with Crippen LogP contribution in [0.1, 0.15) is 12.2 Å². The summed E-state index contributed by atoms with van der Waals surface area (Å²) in [5.74, 6) is 1.64. The molecular weight excluding hydrogens is 320 g/mol. The van der Waals surface area contributed by atoms with Crippen LogP contribution in [0.3, 0.4) is 0 Å². The number of pyridine rings is 1. The molecule has 0 spiro atoms.